The van der Waals surface area contributed by atoms with Gasteiger partial charge in [0.25, 0.3) is 0 Å². The highest BCUT2D eigenvalue weighted by Gasteiger charge is 2.09. The van der Waals surface area contributed by atoms with Crippen LogP contribution >= 0.6 is 0 Å². The van der Waals surface area contributed by atoms with E-state index in [1.807, 2.05) is 30.3 Å². The van der Waals surface area contributed by atoms with Crippen LogP contribution in [0.25, 0.3) is 21.8 Å². The smallest absolute Gasteiger partial charge is 0.237 e. The van der Waals surface area contributed by atoms with Gasteiger partial charge in [-0.05, 0) is 31.2 Å². The van der Waals surface area contributed by atoms with Crippen molar-refractivity contribution in [1.29, 1.82) is 10.5 Å². The molecule has 0 bridgehead atoms. The number of aryl methyl sites for hydroxylation is 1. The van der Waals surface area contributed by atoms with Crippen molar-refractivity contribution in [2.75, 3.05) is 5.43 Å². The molecule has 0 aliphatic heterocycles. The average Bonchev–Trinajstić information content (AvgIpc) is 2.89. The first-order valence-corrected chi connectivity index (χ1v) is 6.93. The van der Waals surface area contributed by atoms with E-state index in [0.29, 0.717) is 0 Å². The third-order valence-corrected chi connectivity index (χ3v) is 3.60. The van der Waals surface area contributed by atoms with Gasteiger partial charge < -0.3 is 4.57 Å². The Hall–Kier alpha value is -3.31. The van der Waals surface area contributed by atoms with Crippen LogP contribution in [-0.4, -0.2) is 10.3 Å². The molecule has 5 nitrogen and oxygen atoms in total. The number of hydrazone groups is 1. The highest BCUT2D eigenvalue weighted by Crippen LogP contribution is 2.30. The largest absolute Gasteiger partial charge is 0.341 e. The Morgan fingerprint density at radius 2 is 1.82 bits per heavy atom. The summed E-state index contributed by atoms with van der Waals surface area (Å²) >= 11 is 0. The highest BCUT2D eigenvalue weighted by molar-refractivity contribution is 6.11. The van der Waals surface area contributed by atoms with Gasteiger partial charge in [-0.25, -0.2) is 0 Å². The van der Waals surface area contributed by atoms with E-state index in [0.717, 1.165) is 23.1 Å². The number of nitrogens with one attached hydrogen (secondary N) is 1. The summed E-state index contributed by atoms with van der Waals surface area (Å²) in [6.07, 6.45) is 0. The molecule has 0 saturated heterocycles. The average molecular weight is 287 g/mol. The van der Waals surface area contributed by atoms with E-state index < -0.39 is 0 Å². The fraction of sp³-hybridized carbons (Fsp3) is 0.118. The van der Waals surface area contributed by atoms with Gasteiger partial charge in [0, 0.05) is 28.4 Å². The van der Waals surface area contributed by atoms with Crippen LogP contribution < -0.4 is 5.43 Å². The monoisotopic (exact) mass is 287 g/mol. The van der Waals surface area contributed by atoms with Gasteiger partial charge >= 0.3 is 0 Å². The summed E-state index contributed by atoms with van der Waals surface area (Å²) < 4.78 is 2.26. The Balaban J connectivity index is 2.15. The molecule has 0 radical (unpaired) electrons. The Labute approximate surface area is 127 Å². The second-order valence-electron chi connectivity index (χ2n) is 4.79. The van der Waals surface area contributed by atoms with Gasteiger partial charge in [0.05, 0.1) is 5.69 Å². The van der Waals surface area contributed by atoms with Crippen LogP contribution in [0, 0.1) is 22.7 Å². The van der Waals surface area contributed by atoms with Crippen molar-refractivity contribution in [3.05, 3.63) is 42.5 Å². The quantitative estimate of drug-likeness (QED) is 0.590. The van der Waals surface area contributed by atoms with Crippen molar-refractivity contribution in [3.63, 3.8) is 0 Å². The molecule has 22 heavy (non-hydrogen) atoms. The SMILES string of the molecule is CCn1c2ccccc2c2cc(NN=C(C#N)C#N)ccc21. The number of fused-ring (bicyclic) bond motifs is 3. The summed E-state index contributed by atoms with van der Waals surface area (Å²) in [4.78, 5) is 0. The minimum Gasteiger partial charge on any atom is -0.341 e. The molecule has 1 aromatic heterocycles. The molecule has 5 heteroatoms. The van der Waals surface area contributed by atoms with Crippen LogP contribution in [0.3, 0.4) is 0 Å². The molecule has 0 atom stereocenters. The Morgan fingerprint density at radius 1 is 1.09 bits per heavy atom. The van der Waals surface area contributed by atoms with E-state index in [9.17, 15) is 0 Å². The Morgan fingerprint density at radius 3 is 2.55 bits per heavy atom. The maximum atomic E-state index is 8.71. The topological polar surface area (TPSA) is 76.9 Å². The van der Waals surface area contributed by atoms with Crippen molar-refractivity contribution in [2.24, 2.45) is 5.10 Å². The highest BCUT2D eigenvalue weighted by atomic mass is 15.3. The lowest BCUT2D eigenvalue weighted by atomic mass is 10.1. The van der Waals surface area contributed by atoms with Gasteiger partial charge in [-0.1, -0.05) is 18.2 Å². The van der Waals surface area contributed by atoms with Gasteiger partial charge in [0.1, 0.15) is 12.1 Å². The molecule has 0 aliphatic carbocycles. The normalized spacial score (nSPS) is 10.1. The molecule has 0 amide bonds. The van der Waals surface area contributed by atoms with Crippen LogP contribution in [0.4, 0.5) is 5.69 Å². The molecule has 1 N–H and O–H groups in total. The summed E-state index contributed by atoms with van der Waals surface area (Å²) in [5.41, 5.74) is 5.65. The molecule has 0 aliphatic rings. The van der Waals surface area contributed by atoms with E-state index in [1.54, 1.807) is 12.1 Å². The minimum absolute atomic E-state index is 0.198. The second-order valence-corrected chi connectivity index (χ2v) is 4.79. The number of hydrogen-bond acceptors (Lipinski definition) is 4. The summed E-state index contributed by atoms with van der Waals surface area (Å²) in [6.45, 7) is 3.01. The van der Waals surface area contributed by atoms with Crippen LogP contribution in [0.1, 0.15) is 6.92 Å². The van der Waals surface area contributed by atoms with Crippen molar-refractivity contribution in [2.45, 2.75) is 13.5 Å². The number of anilines is 1. The zero-order valence-corrected chi connectivity index (χ0v) is 12.0. The van der Waals surface area contributed by atoms with E-state index in [2.05, 4.69) is 34.2 Å². The van der Waals surface area contributed by atoms with Gasteiger partial charge in [-0.3, -0.25) is 5.43 Å². The predicted molar refractivity (Wildman–Crippen MR) is 87.4 cm³/mol. The van der Waals surface area contributed by atoms with Crippen LogP contribution in [0.5, 0.6) is 0 Å². The summed E-state index contributed by atoms with van der Waals surface area (Å²) in [5, 5.41) is 23.5. The first-order valence-electron chi connectivity index (χ1n) is 6.93. The molecule has 1 heterocycles. The van der Waals surface area contributed by atoms with E-state index in [1.165, 1.54) is 10.9 Å². The van der Waals surface area contributed by atoms with Crippen molar-refractivity contribution < 1.29 is 0 Å². The van der Waals surface area contributed by atoms with E-state index in [-0.39, 0.29) is 5.71 Å². The van der Waals surface area contributed by atoms with Gasteiger partial charge in [-0.2, -0.15) is 15.6 Å². The lowest BCUT2D eigenvalue weighted by Crippen LogP contribution is -1.96. The molecular weight excluding hydrogens is 274 g/mol. The Kier molecular flexibility index (Phi) is 3.47. The van der Waals surface area contributed by atoms with E-state index >= 15 is 0 Å². The molecule has 3 aromatic rings. The van der Waals surface area contributed by atoms with Gasteiger partial charge in [-0.15, -0.1) is 0 Å². The molecule has 106 valence electrons. The second kappa shape index (κ2) is 5.59. The number of hydrogen-bond donors (Lipinski definition) is 1. The van der Waals surface area contributed by atoms with Crippen molar-refractivity contribution in [3.8, 4) is 12.1 Å². The zero-order chi connectivity index (χ0) is 15.5. The molecule has 0 spiro atoms. The first-order chi connectivity index (χ1) is 10.8. The Bertz CT molecular complexity index is 950. The maximum Gasteiger partial charge on any atom is 0.237 e. The molecule has 2 aromatic carbocycles. The van der Waals surface area contributed by atoms with Crippen molar-refractivity contribution >= 4 is 33.2 Å². The van der Waals surface area contributed by atoms with Gasteiger partial charge in [0.2, 0.25) is 5.71 Å². The molecule has 0 unspecified atom stereocenters. The standard InChI is InChI=1S/C17H13N5/c1-2-22-16-6-4-3-5-14(16)15-9-12(7-8-17(15)22)20-21-13(10-18)11-19/h3-9,20H,2H2,1H3. The number of para-hydroxylation sites is 1. The number of nitriles is 2. The lowest BCUT2D eigenvalue weighted by Gasteiger charge is -2.04. The third kappa shape index (κ3) is 2.15. The number of rotatable bonds is 3. The maximum absolute atomic E-state index is 8.71. The van der Waals surface area contributed by atoms with Crippen molar-refractivity contribution in [1.82, 2.24) is 4.57 Å². The van der Waals surface area contributed by atoms with Crippen LogP contribution in [0.15, 0.2) is 47.6 Å². The number of nitrogens with zero attached hydrogens (tertiary/aromatic N) is 4. The van der Waals surface area contributed by atoms with Crippen LogP contribution in [-0.2, 0) is 6.54 Å². The predicted octanol–water partition coefficient (Wildman–Crippen LogP) is 3.63. The molecular formula is C17H13N5. The summed E-state index contributed by atoms with van der Waals surface area (Å²) in [6, 6.07) is 17.6. The number of aromatic nitrogens is 1. The fourth-order valence-electron chi connectivity index (χ4n) is 2.66. The minimum atomic E-state index is -0.198. The summed E-state index contributed by atoms with van der Waals surface area (Å²) in [5.74, 6) is 0. The van der Waals surface area contributed by atoms with Crippen LogP contribution in [0.2, 0.25) is 0 Å². The van der Waals surface area contributed by atoms with E-state index in [4.69, 9.17) is 10.5 Å². The molecule has 0 saturated carbocycles. The third-order valence-electron chi connectivity index (χ3n) is 3.60. The zero-order valence-electron chi connectivity index (χ0n) is 12.0. The first kappa shape index (κ1) is 13.7. The van der Waals surface area contributed by atoms with Gasteiger partial charge in [0.15, 0.2) is 0 Å². The molecule has 0 fully saturated rings. The fourth-order valence-corrected chi connectivity index (χ4v) is 2.66. The lowest BCUT2D eigenvalue weighted by molar-refractivity contribution is 0.827. The summed E-state index contributed by atoms with van der Waals surface area (Å²) in [7, 11) is 0. The molecule has 3 rings (SSSR count). The number of benzene rings is 2.